The molecular weight excluding hydrogens is 372 g/mol. The number of H-pyrrole nitrogens is 1. The smallest absolute Gasteiger partial charge is 0.270 e. The summed E-state index contributed by atoms with van der Waals surface area (Å²) in [5, 5.41) is 12.4. The van der Waals surface area contributed by atoms with Crippen molar-refractivity contribution in [3.8, 4) is 17.3 Å². The van der Waals surface area contributed by atoms with E-state index in [-0.39, 0.29) is 17.2 Å². The number of amides is 1. The van der Waals surface area contributed by atoms with Crippen LogP contribution in [0.25, 0.3) is 11.3 Å². The molecule has 3 rings (SSSR count). The first-order chi connectivity index (χ1) is 13.5. The van der Waals surface area contributed by atoms with Gasteiger partial charge in [0.15, 0.2) is 5.16 Å². The number of thioether (sulfide) groups is 1. The maximum absolute atomic E-state index is 12.3. The number of aromatic amines is 1. The van der Waals surface area contributed by atoms with E-state index in [4.69, 9.17) is 0 Å². The Labute approximate surface area is 166 Å². The minimum absolute atomic E-state index is 0.0460. The summed E-state index contributed by atoms with van der Waals surface area (Å²) in [5.74, 6) is -0.124. The Kier molecular flexibility index (Phi) is 5.92. The molecule has 0 aliphatic heterocycles. The highest BCUT2D eigenvalue weighted by Gasteiger charge is 2.14. The average molecular weight is 390 g/mol. The molecule has 28 heavy (non-hydrogen) atoms. The Bertz CT molecular complexity index is 1120. The van der Waals surface area contributed by atoms with Crippen LogP contribution in [-0.2, 0) is 4.79 Å². The van der Waals surface area contributed by atoms with Gasteiger partial charge in [-0.2, -0.15) is 5.26 Å². The first-order valence-electron chi connectivity index (χ1n) is 8.57. The van der Waals surface area contributed by atoms with Crippen molar-refractivity contribution in [2.24, 2.45) is 0 Å². The fourth-order valence-corrected chi connectivity index (χ4v) is 3.36. The van der Waals surface area contributed by atoms with E-state index in [0.717, 1.165) is 28.6 Å². The van der Waals surface area contributed by atoms with Gasteiger partial charge in [0.25, 0.3) is 5.56 Å². The molecule has 2 aromatic carbocycles. The van der Waals surface area contributed by atoms with E-state index in [2.05, 4.69) is 15.3 Å². The molecule has 0 aliphatic carbocycles. The highest BCUT2D eigenvalue weighted by Crippen LogP contribution is 2.22. The first-order valence-corrected chi connectivity index (χ1v) is 9.56. The highest BCUT2D eigenvalue weighted by molar-refractivity contribution is 7.99. The zero-order valence-corrected chi connectivity index (χ0v) is 16.3. The molecule has 1 aromatic heterocycles. The number of nitrogens with zero attached hydrogens (tertiary/aromatic N) is 2. The Morgan fingerprint density at radius 3 is 2.64 bits per heavy atom. The minimum atomic E-state index is -0.520. The number of hydrogen-bond donors (Lipinski definition) is 2. The quantitative estimate of drug-likeness (QED) is 0.512. The van der Waals surface area contributed by atoms with Crippen LogP contribution in [0.1, 0.15) is 16.7 Å². The van der Waals surface area contributed by atoms with Gasteiger partial charge in [-0.15, -0.1) is 0 Å². The number of carbonyl (C=O) groups excluding carboxylic acids is 1. The second kappa shape index (κ2) is 8.55. The molecule has 0 bridgehead atoms. The predicted octanol–water partition coefficient (Wildman–Crippen LogP) is 3.66. The highest BCUT2D eigenvalue weighted by atomic mass is 32.2. The van der Waals surface area contributed by atoms with Crippen molar-refractivity contribution in [1.82, 2.24) is 9.97 Å². The van der Waals surface area contributed by atoms with Crippen molar-refractivity contribution < 1.29 is 4.79 Å². The zero-order valence-electron chi connectivity index (χ0n) is 15.4. The van der Waals surface area contributed by atoms with Crippen LogP contribution in [-0.4, -0.2) is 21.6 Å². The summed E-state index contributed by atoms with van der Waals surface area (Å²) < 4.78 is 0. The summed E-state index contributed by atoms with van der Waals surface area (Å²) >= 11 is 1.11. The van der Waals surface area contributed by atoms with Gasteiger partial charge >= 0.3 is 0 Å². The van der Waals surface area contributed by atoms with Gasteiger partial charge < -0.3 is 10.3 Å². The third-order valence-corrected chi connectivity index (χ3v) is 4.93. The van der Waals surface area contributed by atoms with Gasteiger partial charge in [0.05, 0.1) is 11.4 Å². The SMILES string of the molecule is Cc1ccc(NC(=O)CSc2nc(-c3ccccc3)c(C#N)c(=O)[nH]2)c(C)c1. The van der Waals surface area contributed by atoms with Crippen molar-refractivity contribution >= 4 is 23.4 Å². The van der Waals surface area contributed by atoms with Crippen molar-refractivity contribution in [3.05, 3.63) is 75.6 Å². The number of nitriles is 1. The van der Waals surface area contributed by atoms with Gasteiger partial charge in [-0.25, -0.2) is 4.98 Å². The van der Waals surface area contributed by atoms with Crippen molar-refractivity contribution in [2.45, 2.75) is 19.0 Å². The fraction of sp³-hybridized carbons (Fsp3) is 0.143. The van der Waals surface area contributed by atoms with Crippen LogP contribution in [0.5, 0.6) is 0 Å². The lowest BCUT2D eigenvalue weighted by molar-refractivity contribution is -0.113. The average Bonchev–Trinajstić information content (AvgIpc) is 2.69. The molecule has 0 atom stereocenters. The maximum atomic E-state index is 12.3. The molecule has 0 fully saturated rings. The van der Waals surface area contributed by atoms with Gasteiger partial charge in [0, 0.05) is 11.3 Å². The molecule has 1 amide bonds. The number of nitrogens with one attached hydrogen (secondary N) is 2. The number of anilines is 1. The van der Waals surface area contributed by atoms with Crippen LogP contribution >= 0.6 is 11.8 Å². The summed E-state index contributed by atoms with van der Waals surface area (Å²) in [6, 6.07) is 16.7. The summed E-state index contributed by atoms with van der Waals surface area (Å²) in [5.41, 5.74) is 3.27. The van der Waals surface area contributed by atoms with Crippen LogP contribution in [0, 0.1) is 25.2 Å². The molecule has 0 aliphatic rings. The lowest BCUT2D eigenvalue weighted by Crippen LogP contribution is -2.17. The van der Waals surface area contributed by atoms with E-state index < -0.39 is 5.56 Å². The van der Waals surface area contributed by atoms with Gasteiger partial charge in [0.1, 0.15) is 11.6 Å². The molecule has 0 radical (unpaired) electrons. The molecule has 0 saturated heterocycles. The largest absolute Gasteiger partial charge is 0.325 e. The third-order valence-electron chi connectivity index (χ3n) is 4.05. The van der Waals surface area contributed by atoms with Crippen molar-refractivity contribution in [2.75, 3.05) is 11.1 Å². The summed E-state index contributed by atoms with van der Waals surface area (Å²) in [6.45, 7) is 3.92. The lowest BCUT2D eigenvalue weighted by Gasteiger charge is -2.09. The molecular formula is C21H18N4O2S. The second-order valence-electron chi connectivity index (χ2n) is 6.23. The van der Waals surface area contributed by atoms with Crippen LogP contribution < -0.4 is 10.9 Å². The maximum Gasteiger partial charge on any atom is 0.270 e. The summed E-state index contributed by atoms with van der Waals surface area (Å²) in [7, 11) is 0. The van der Waals surface area contributed by atoms with E-state index in [1.165, 1.54) is 0 Å². The number of benzene rings is 2. The van der Waals surface area contributed by atoms with Crippen molar-refractivity contribution in [1.29, 1.82) is 5.26 Å². The topological polar surface area (TPSA) is 98.6 Å². The molecule has 0 unspecified atom stereocenters. The van der Waals surface area contributed by atoms with Crippen molar-refractivity contribution in [3.63, 3.8) is 0 Å². The Morgan fingerprint density at radius 2 is 1.96 bits per heavy atom. The zero-order chi connectivity index (χ0) is 20.1. The molecule has 6 nitrogen and oxygen atoms in total. The predicted molar refractivity (Wildman–Crippen MR) is 110 cm³/mol. The standard InChI is InChI=1S/C21H18N4O2S/c1-13-8-9-17(14(2)10-13)23-18(26)12-28-21-24-19(15-6-4-3-5-7-15)16(11-22)20(27)25-21/h3-10H,12H2,1-2H3,(H,23,26)(H,24,25,27). The van der Waals surface area contributed by atoms with Crippen LogP contribution in [0.4, 0.5) is 5.69 Å². The van der Waals surface area contributed by atoms with Crippen LogP contribution in [0.3, 0.4) is 0 Å². The van der Waals surface area contributed by atoms with E-state index in [9.17, 15) is 14.9 Å². The monoisotopic (exact) mass is 390 g/mol. The van der Waals surface area contributed by atoms with E-state index in [0.29, 0.717) is 16.4 Å². The van der Waals surface area contributed by atoms with Gasteiger partial charge in [-0.3, -0.25) is 9.59 Å². The second-order valence-corrected chi connectivity index (χ2v) is 7.19. The minimum Gasteiger partial charge on any atom is -0.325 e. The number of carbonyl (C=O) groups is 1. The number of aromatic nitrogens is 2. The van der Waals surface area contributed by atoms with E-state index in [1.54, 1.807) is 12.1 Å². The fourth-order valence-electron chi connectivity index (χ4n) is 2.70. The number of aryl methyl sites for hydroxylation is 2. The Hall–Kier alpha value is -3.37. The van der Waals surface area contributed by atoms with Crippen LogP contribution in [0.15, 0.2) is 58.5 Å². The van der Waals surface area contributed by atoms with E-state index >= 15 is 0 Å². The van der Waals surface area contributed by atoms with Crippen LogP contribution in [0.2, 0.25) is 0 Å². The molecule has 3 aromatic rings. The third kappa shape index (κ3) is 4.48. The summed E-state index contributed by atoms with van der Waals surface area (Å²) in [6.07, 6.45) is 0. The van der Waals surface area contributed by atoms with Gasteiger partial charge in [-0.1, -0.05) is 59.8 Å². The first kappa shape index (κ1) is 19.4. The van der Waals surface area contributed by atoms with Gasteiger partial charge in [-0.05, 0) is 25.5 Å². The Morgan fingerprint density at radius 1 is 1.21 bits per heavy atom. The molecule has 0 saturated carbocycles. The number of hydrogen-bond acceptors (Lipinski definition) is 5. The molecule has 140 valence electrons. The van der Waals surface area contributed by atoms with E-state index in [1.807, 2.05) is 56.3 Å². The summed E-state index contributed by atoms with van der Waals surface area (Å²) in [4.78, 5) is 31.5. The van der Waals surface area contributed by atoms with Gasteiger partial charge in [0.2, 0.25) is 5.91 Å². The number of rotatable bonds is 5. The molecule has 1 heterocycles. The molecule has 0 spiro atoms. The normalized spacial score (nSPS) is 10.3. The lowest BCUT2D eigenvalue weighted by atomic mass is 10.1. The Balaban J connectivity index is 1.77. The molecule has 7 heteroatoms. The molecule has 2 N–H and O–H groups in total.